The number of methoxy groups -OCH3 is 2. The Morgan fingerprint density at radius 1 is 1.02 bits per heavy atom. The Labute approximate surface area is 235 Å². The van der Waals surface area contributed by atoms with Gasteiger partial charge in [-0.1, -0.05) is 35.9 Å². The van der Waals surface area contributed by atoms with Gasteiger partial charge in [0.1, 0.15) is 0 Å². The SMILES string of the molecule is COc1ccc(/C=C2\CCc3c2nc2ccccc2c3C(=O)O[C@@H](C)C(=O)NCCC2=CCCCC2)cc1OC. The molecule has 3 aromatic rings. The molecule has 208 valence electrons. The van der Waals surface area contributed by atoms with Crippen molar-refractivity contribution in [1.29, 1.82) is 0 Å². The van der Waals surface area contributed by atoms with Crippen LogP contribution in [0.3, 0.4) is 0 Å². The number of carbonyl (C=O) groups is 2. The number of pyridine rings is 1. The summed E-state index contributed by atoms with van der Waals surface area (Å²) in [7, 11) is 3.22. The Kier molecular flexibility index (Phi) is 8.48. The van der Waals surface area contributed by atoms with Gasteiger partial charge in [-0.2, -0.15) is 0 Å². The third-order valence-electron chi connectivity index (χ3n) is 7.68. The van der Waals surface area contributed by atoms with Gasteiger partial charge >= 0.3 is 5.97 Å². The lowest BCUT2D eigenvalue weighted by molar-refractivity contribution is -0.129. The molecular formula is C33H36N2O5. The standard InChI is InChI=1S/C33H36N2O5/c1-21(32(36)34-18-17-22-9-5-4-6-10-22)40-33(37)30-25-11-7-8-12-27(25)35-31-24(14-15-26(30)31)19-23-13-16-28(38-2)29(20-23)39-3/h7-9,11-13,16,19-21H,4-6,10,14-15,17-18H2,1-3H3,(H,34,36)/b24-19+/t21-/m0/s1. The molecule has 40 heavy (non-hydrogen) atoms. The summed E-state index contributed by atoms with van der Waals surface area (Å²) in [6, 6.07) is 13.3. The lowest BCUT2D eigenvalue weighted by Crippen LogP contribution is -2.36. The normalized spacial score (nSPS) is 16.3. The average Bonchev–Trinajstić information content (AvgIpc) is 3.37. The molecule has 1 aromatic heterocycles. The maximum Gasteiger partial charge on any atom is 0.339 e. The fourth-order valence-corrected chi connectivity index (χ4v) is 5.55. The van der Waals surface area contributed by atoms with Gasteiger partial charge in [-0.25, -0.2) is 9.78 Å². The molecular weight excluding hydrogens is 504 g/mol. The number of rotatable bonds is 9. The summed E-state index contributed by atoms with van der Waals surface area (Å²) in [6.07, 6.45) is 10.3. The van der Waals surface area contributed by atoms with Crippen molar-refractivity contribution < 1.29 is 23.8 Å². The van der Waals surface area contributed by atoms with E-state index in [1.54, 1.807) is 21.1 Å². The predicted octanol–water partition coefficient (Wildman–Crippen LogP) is 6.29. The first kappa shape index (κ1) is 27.4. The molecule has 1 atom stereocenters. The molecule has 7 heteroatoms. The van der Waals surface area contributed by atoms with Crippen LogP contribution >= 0.6 is 0 Å². The first-order valence-corrected chi connectivity index (χ1v) is 14.0. The van der Waals surface area contributed by atoms with Gasteiger partial charge in [-0.3, -0.25) is 4.79 Å². The van der Waals surface area contributed by atoms with Gasteiger partial charge in [0.25, 0.3) is 5.91 Å². The van der Waals surface area contributed by atoms with Crippen LogP contribution in [0.15, 0.2) is 54.1 Å². The van der Waals surface area contributed by atoms with Gasteiger partial charge in [-0.15, -0.1) is 0 Å². The molecule has 1 heterocycles. The van der Waals surface area contributed by atoms with Crippen LogP contribution in [-0.4, -0.2) is 43.7 Å². The van der Waals surface area contributed by atoms with Crippen LogP contribution in [0.5, 0.6) is 11.5 Å². The van der Waals surface area contributed by atoms with Crippen LogP contribution in [0.2, 0.25) is 0 Å². The van der Waals surface area contributed by atoms with Crippen LogP contribution in [-0.2, 0) is 16.0 Å². The van der Waals surface area contributed by atoms with E-state index in [4.69, 9.17) is 19.2 Å². The minimum atomic E-state index is -0.904. The average molecular weight is 541 g/mol. The number of nitrogens with one attached hydrogen (secondary N) is 1. The lowest BCUT2D eigenvalue weighted by Gasteiger charge is -2.17. The second-order valence-electron chi connectivity index (χ2n) is 10.3. The molecule has 5 rings (SSSR count). The van der Waals surface area contributed by atoms with Gasteiger partial charge in [0, 0.05) is 11.9 Å². The Bertz CT molecular complexity index is 1490. The molecule has 0 unspecified atom stereocenters. The second-order valence-corrected chi connectivity index (χ2v) is 10.3. The number of amides is 1. The second kappa shape index (κ2) is 12.4. The van der Waals surface area contributed by atoms with E-state index >= 15 is 0 Å². The third-order valence-corrected chi connectivity index (χ3v) is 7.68. The van der Waals surface area contributed by atoms with E-state index in [0.29, 0.717) is 35.5 Å². The highest BCUT2D eigenvalue weighted by atomic mass is 16.5. The number of esters is 1. The monoisotopic (exact) mass is 540 g/mol. The Hall–Kier alpha value is -4.13. The molecule has 0 spiro atoms. The molecule has 1 amide bonds. The Balaban J connectivity index is 1.38. The summed E-state index contributed by atoms with van der Waals surface area (Å²) in [5.41, 5.74) is 6.23. The molecule has 2 aliphatic rings. The zero-order valence-corrected chi connectivity index (χ0v) is 23.4. The maximum absolute atomic E-state index is 13.6. The van der Waals surface area contributed by atoms with E-state index in [9.17, 15) is 9.59 Å². The van der Waals surface area contributed by atoms with E-state index in [1.165, 1.54) is 18.4 Å². The fraction of sp³-hybridized carbons (Fsp3) is 0.364. The van der Waals surface area contributed by atoms with Gasteiger partial charge in [0.05, 0.1) is 31.0 Å². The molecule has 0 saturated heterocycles. The van der Waals surface area contributed by atoms with Gasteiger partial charge in [0.2, 0.25) is 0 Å². The van der Waals surface area contributed by atoms with Crippen LogP contribution in [0.1, 0.15) is 72.6 Å². The number of benzene rings is 2. The first-order chi connectivity index (χ1) is 19.5. The summed E-state index contributed by atoms with van der Waals surface area (Å²) in [5, 5.41) is 3.66. The highest BCUT2D eigenvalue weighted by Crippen LogP contribution is 2.39. The van der Waals surface area contributed by atoms with Crippen molar-refractivity contribution >= 4 is 34.4 Å². The van der Waals surface area contributed by atoms with Crippen molar-refractivity contribution in [2.45, 2.75) is 58.0 Å². The zero-order valence-electron chi connectivity index (χ0n) is 23.4. The van der Waals surface area contributed by atoms with Crippen molar-refractivity contribution in [2.75, 3.05) is 20.8 Å². The number of allylic oxidation sites excluding steroid dienone is 2. The topological polar surface area (TPSA) is 86.8 Å². The van der Waals surface area contributed by atoms with E-state index < -0.39 is 12.1 Å². The van der Waals surface area contributed by atoms with E-state index in [0.717, 1.165) is 53.5 Å². The van der Waals surface area contributed by atoms with Gasteiger partial charge in [-0.05, 0) is 92.8 Å². The fourth-order valence-electron chi connectivity index (χ4n) is 5.55. The van der Waals surface area contributed by atoms with Crippen LogP contribution < -0.4 is 14.8 Å². The lowest BCUT2D eigenvalue weighted by atomic mass is 9.97. The van der Waals surface area contributed by atoms with Crippen molar-refractivity contribution in [3.63, 3.8) is 0 Å². The van der Waals surface area contributed by atoms with Crippen molar-refractivity contribution in [2.24, 2.45) is 0 Å². The van der Waals surface area contributed by atoms with Gasteiger partial charge < -0.3 is 19.5 Å². The predicted molar refractivity (Wildman–Crippen MR) is 157 cm³/mol. The largest absolute Gasteiger partial charge is 0.493 e. The smallest absolute Gasteiger partial charge is 0.339 e. The van der Waals surface area contributed by atoms with Crippen LogP contribution in [0, 0.1) is 0 Å². The molecule has 0 bridgehead atoms. The molecule has 7 nitrogen and oxygen atoms in total. The van der Waals surface area contributed by atoms with Crippen LogP contribution in [0.4, 0.5) is 0 Å². The molecule has 2 aliphatic carbocycles. The van der Waals surface area contributed by atoms with Crippen molar-refractivity contribution in [3.05, 3.63) is 76.5 Å². The van der Waals surface area contributed by atoms with Gasteiger partial charge in [0.15, 0.2) is 17.6 Å². The quantitative estimate of drug-likeness (QED) is 0.254. The number of aromatic nitrogens is 1. The van der Waals surface area contributed by atoms with Crippen LogP contribution in [0.25, 0.3) is 22.6 Å². The Morgan fingerprint density at radius 3 is 2.62 bits per heavy atom. The number of para-hydroxylation sites is 1. The summed E-state index contributed by atoms with van der Waals surface area (Å²) >= 11 is 0. The summed E-state index contributed by atoms with van der Waals surface area (Å²) in [6.45, 7) is 2.17. The molecule has 0 saturated carbocycles. The minimum absolute atomic E-state index is 0.284. The highest BCUT2D eigenvalue weighted by molar-refractivity contribution is 6.07. The highest BCUT2D eigenvalue weighted by Gasteiger charge is 2.29. The number of carbonyl (C=O) groups excluding carboxylic acids is 2. The molecule has 2 aromatic carbocycles. The number of fused-ring (bicyclic) bond motifs is 2. The maximum atomic E-state index is 13.6. The summed E-state index contributed by atoms with van der Waals surface area (Å²) in [5.74, 6) is 0.525. The summed E-state index contributed by atoms with van der Waals surface area (Å²) in [4.78, 5) is 31.3. The number of nitrogens with zero attached hydrogens (tertiary/aromatic N) is 1. The first-order valence-electron chi connectivity index (χ1n) is 14.0. The van der Waals surface area contributed by atoms with Crippen molar-refractivity contribution in [3.8, 4) is 11.5 Å². The van der Waals surface area contributed by atoms with Crippen molar-refractivity contribution in [1.82, 2.24) is 10.3 Å². The Morgan fingerprint density at radius 2 is 1.85 bits per heavy atom. The minimum Gasteiger partial charge on any atom is -0.493 e. The van der Waals surface area contributed by atoms with E-state index in [1.807, 2.05) is 42.5 Å². The molecule has 0 radical (unpaired) electrons. The summed E-state index contributed by atoms with van der Waals surface area (Å²) < 4.78 is 16.6. The molecule has 0 fully saturated rings. The zero-order chi connectivity index (χ0) is 28.1. The third kappa shape index (κ3) is 5.88. The van der Waals surface area contributed by atoms with E-state index in [-0.39, 0.29) is 5.91 Å². The van der Waals surface area contributed by atoms with E-state index in [2.05, 4.69) is 17.5 Å². The number of hydrogen-bond donors (Lipinski definition) is 1. The number of ether oxygens (including phenoxy) is 3. The molecule has 1 N–H and O–H groups in total. The number of hydrogen-bond acceptors (Lipinski definition) is 6. The molecule has 0 aliphatic heterocycles.